The maximum absolute atomic E-state index is 10.2. The first-order valence-corrected chi connectivity index (χ1v) is 6.41. The van der Waals surface area contributed by atoms with E-state index in [0.717, 1.165) is 20.5 Å². The molecule has 17 heavy (non-hydrogen) atoms. The van der Waals surface area contributed by atoms with E-state index in [0.29, 0.717) is 10.8 Å². The predicted molar refractivity (Wildman–Crippen MR) is 73.9 cm³/mol. The molecule has 3 heteroatoms. The lowest BCUT2D eigenvalue weighted by molar-refractivity contribution is 0.485. The van der Waals surface area contributed by atoms with Gasteiger partial charge in [0.15, 0.2) is 0 Å². The van der Waals surface area contributed by atoms with Crippen LogP contribution in [0.3, 0.4) is 0 Å². The quantitative estimate of drug-likeness (QED) is 0.658. The molecule has 1 heterocycles. The van der Waals surface area contributed by atoms with Crippen molar-refractivity contribution in [2.45, 2.75) is 0 Å². The minimum atomic E-state index is 0.355. The number of fused-ring (bicyclic) bond motifs is 1. The van der Waals surface area contributed by atoms with E-state index >= 15 is 0 Å². The van der Waals surface area contributed by atoms with Crippen LogP contribution in [0, 0.1) is 0 Å². The first-order valence-electron chi connectivity index (χ1n) is 5.22. The second-order valence-electron chi connectivity index (χ2n) is 3.78. The van der Waals surface area contributed by atoms with Gasteiger partial charge < -0.3 is 5.11 Å². The van der Waals surface area contributed by atoms with Gasteiger partial charge in [-0.3, -0.25) is 0 Å². The molecule has 84 valence electrons. The summed E-state index contributed by atoms with van der Waals surface area (Å²) < 4.78 is 1.09. The van der Waals surface area contributed by atoms with E-state index in [-0.39, 0.29) is 0 Å². The van der Waals surface area contributed by atoms with E-state index < -0.39 is 0 Å². The molecule has 3 aromatic rings. The van der Waals surface area contributed by atoms with Crippen molar-refractivity contribution in [1.82, 2.24) is 0 Å². The zero-order valence-corrected chi connectivity index (χ0v) is 10.4. The molecule has 0 amide bonds. The summed E-state index contributed by atoms with van der Waals surface area (Å²) in [5.41, 5.74) is 0.994. The Bertz CT molecular complexity index is 670. The van der Waals surface area contributed by atoms with Gasteiger partial charge in [-0.1, -0.05) is 35.9 Å². The lowest BCUT2D eigenvalue weighted by atomic mass is 10.1. The van der Waals surface area contributed by atoms with Gasteiger partial charge in [-0.2, -0.15) is 0 Å². The topological polar surface area (TPSA) is 20.2 Å². The highest BCUT2D eigenvalue weighted by Gasteiger charge is 2.11. The first-order chi connectivity index (χ1) is 8.25. The fourth-order valence-corrected chi connectivity index (χ4v) is 3.06. The molecule has 0 saturated heterocycles. The summed E-state index contributed by atoms with van der Waals surface area (Å²) in [6.07, 6.45) is 0. The summed E-state index contributed by atoms with van der Waals surface area (Å²) in [5.74, 6) is 0.355. The summed E-state index contributed by atoms with van der Waals surface area (Å²) in [4.78, 5) is 0.892. The van der Waals surface area contributed by atoms with Gasteiger partial charge in [0.25, 0.3) is 0 Å². The predicted octanol–water partition coefficient (Wildman–Crippen LogP) is 4.93. The number of rotatable bonds is 1. The minimum absolute atomic E-state index is 0.355. The van der Waals surface area contributed by atoms with Crippen molar-refractivity contribution in [3.05, 3.63) is 53.6 Å². The number of thiophene rings is 1. The van der Waals surface area contributed by atoms with Crippen LogP contribution < -0.4 is 0 Å². The molecule has 0 aliphatic carbocycles. The molecule has 2 aromatic carbocycles. The molecule has 1 aromatic heterocycles. The molecular weight excluding hydrogens is 252 g/mol. The number of hydrogen-bond acceptors (Lipinski definition) is 2. The third kappa shape index (κ3) is 1.79. The molecule has 0 spiro atoms. The molecule has 0 radical (unpaired) electrons. The van der Waals surface area contributed by atoms with Gasteiger partial charge >= 0.3 is 0 Å². The second-order valence-corrected chi connectivity index (χ2v) is 5.27. The van der Waals surface area contributed by atoms with Gasteiger partial charge in [0.1, 0.15) is 5.75 Å². The summed E-state index contributed by atoms with van der Waals surface area (Å²) in [7, 11) is 0. The van der Waals surface area contributed by atoms with Gasteiger partial charge in [0, 0.05) is 15.1 Å². The highest BCUT2D eigenvalue weighted by atomic mass is 35.5. The number of halogens is 1. The molecular formula is C14H9ClOS. The average Bonchev–Trinajstić information content (AvgIpc) is 2.69. The molecule has 1 N–H and O–H groups in total. The third-order valence-corrected chi connectivity index (χ3v) is 4.14. The highest BCUT2D eigenvalue weighted by molar-refractivity contribution is 7.22. The zero-order valence-electron chi connectivity index (χ0n) is 8.85. The van der Waals surface area contributed by atoms with Crippen LogP contribution in [-0.4, -0.2) is 5.11 Å². The van der Waals surface area contributed by atoms with Crippen molar-refractivity contribution >= 4 is 33.0 Å². The fraction of sp³-hybridized carbons (Fsp3) is 0. The molecule has 0 unspecified atom stereocenters. The van der Waals surface area contributed by atoms with E-state index in [9.17, 15) is 5.11 Å². The summed E-state index contributed by atoms with van der Waals surface area (Å²) >= 11 is 7.45. The molecule has 3 rings (SSSR count). The molecule has 0 aliphatic heterocycles. The van der Waals surface area contributed by atoms with E-state index in [1.807, 2.05) is 48.5 Å². The lowest BCUT2D eigenvalue weighted by Crippen LogP contribution is -1.72. The van der Waals surface area contributed by atoms with Gasteiger partial charge in [0.2, 0.25) is 0 Å². The Kier molecular flexibility index (Phi) is 2.54. The van der Waals surface area contributed by atoms with Crippen molar-refractivity contribution in [2.75, 3.05) is 0 Å². The smallest absolute Gasteiger partial charge is 0.142 e. The van der Waals surface area contributed by atoms with Crippen LogP contribution in [0.2, 0.25) is 5.02 Å². The van der Waals surface area contributed by atoms with Gasteiger partial charge in [-0.05, 0) is 29.8 Å². The summed E-state index contributed by atoms with van der Waals surface area (Å²) in [6, 6.07) is 15.4. The average molecular weight is 261 g/mol. The zero-order chi connectivity index (χ0) is 11.8. The van der Waals surface area contributed by atoms with E-state index in [1.54, 1.807) is 11.3 Å². The van der Waals surface area contributed by atoms with E-state index in [4.69, 9.17) is 11.6 Å². The SMILES string of the molecule is Oc1c(-c2ccc(Cl)cc2)sc2ccccc12. The van der Waals surface area contributed by atoms with Crippen LogP contribution in [0.1, 0.15) is 0 Å². The number of aromatic hydroxyl groups is 1. The van der Waals surface area contributed by atoms with Crippen molar-refractivity contribution in [2.24, 2.45) is 0 Å². The largest absolute Gasteiger partial charge is 0.506 e. The second kappa shape index (κ2) is 4.06. The lowest BCUT2D eigenvalue weighted by Gasteiger charge is -1.98. The molecule has 0 atom stereocenters. The van der Waals surface area contributed by atoms with E-state index in [2.05, 4.69) is 0 Å². The number of benzene rings is 2. The van der Waals surface area contributed by atoms with Crippen LogP contribution in [0.25, 0.3) is 20.5 Å². The molecule has 0 saturated carbocycles. The molecule has 0 bridgehead atoms. The Morgan fingerprint density at radius 2 is 1.65 bits per heavy atom. The Balaban J connectivity index is 2.24. The monoisotopic (exact) mass is 260 g/mol. The fourth-order valence-electron chi connectivity index (χ4n) is 1.83. The van der Waals surface area contributed by atoms with Crippen LogP contribution in [0.15, 0.2) is 48.5 Å². The summed E-state index contributed by atoms with van der Waals surface area (Å²) in [6.45, 7) is 0. The van der Waals surface area contributed by atoms with Crippen molar-refractivity contribution in [1.29, 1.82) is 0 Å². The Labute approximate surface area is 108 Å². The first kappa shape index (κ1) is 10.6. The van der Waals surface area contributed by atoms with Crippen molar-refractivity contribution < 1.29 is 5.11 Å². The highest BCUT2D eigenvalue weighted by Crippen LogP contribution is 2.43. The van der Waals surface area contributed by atoms with Gasteiger partial charge in [-0.15, -0.1) is 11.3 Å². The number of hydrogen-bond donors (Lipinski definition) is 1. The van der Waals surface area contributed by atoms with Gasteiger partial charge in [0.05, 0.1) is 4.88 Å². The van der Waals surface area contributed by atoms with Crippen LogP contribution >= 0.6 is 22.9 Å². The molecule has 0 aliphatic rings. The maximum Gasteiger partial charge on any atom is 0.142 e. The van der Waals surface area contributed by atoms with Gasteiger partial charge in [-0.25, -0.2) is 0 Å². The molecule has 1 nitrogen and oxygen atoms in total. The third-order valence-electron chi connectivity index (χ3n) is 2.68. The standard InChI is InChI=1S/C14H9ClOS/c15-10-7-5-9(6-8-10)14-13(16)11-3-1-2-4-12(11)17-14/h1-8,16H. The minimum Gasteiger partial charge on any atom is -0.506 e. The van der Waals surface area contributed by atoms with E-state index in [1.165, 1.54) is 0 Å². The summed E-state index contributed by atoms with van der Waals surface area (Å²) in [5, 5.41) is 11.8. The normalized spacial score (nSPS) is 10.9. The maximum atomic E-state index is 10.2. The van der Waals surface area contributed by atoms with Crippen molar-refractivity contribution in [3.8, 4) is 16.2 Å². The Hall–Kier alpha value is -1.51. The van der Waals surface area contributed by atoms with Crippen LogP contribution in [0.5, 0.6) is 5.75 Å². The van der Waals surface area contributed by atoms with Crippen LogP contribution in [0.4, 0.5) is 0 Å². The Morgan fingerprint density at radius 1 is 0.941 bits per heavy atom. The van der Waals surface area contributed by atoms with Crippen LogP contribution in [-0.2, 0) is 0 Å². The van der Waals surface area contributed by atoms with Crippen molar-refractivity contribution in [3.63, 3.8) is 0 Å². The molecule has 0 fully saturated rings. The Morgan fingerprint density at radius 3 is 2.35 bits per heavy atom.